The number of ether oxygens (including phenoxy) is 1. The first-order valence-electron chi connectivity index (χ1n) is 10.1. The second-order valence-corrected chi connectivity index (χ2v) is 7.89. The summed E-state index contributed by atoms with van der Waals surface area (Å²) in [4.78, 5) is 16.6. The summed E-state index contributed by atoms with van der Waals surface area (Å²) in [5.74, 6) is 1.41. The van der Waals surface area contributed by atoms with E-state index in [0.717, 1.165) is 42.6 Å². The molecule has 7 nitrogen and oxygen atoms in total. The van der Waals surface area contributed by atoms with E-state index in [9.17, 15) is 4.79 Å². The summed E-state index contributed by atoms with van der Waals surface area (Å²) in [5, 5.41) is 20.2. The van der Waals surface area contributed by atoms with Gasteiger partial charge >= 0.3 is 0 Å². The molecular weight excluding hydrogens is 366 g/mol. The maximum Gasteiger partial charge on any atom is 0.273 e. The second-order valence-electron chi connectivity index (χ2n) is 7.89. The molecule has 0 aliphatic heterocycles. The first-order valence-corrected chi connectivity index (χ1v) is 10.1. The van der Waals surface area contributed by atoms with Gasteiger partial charge in [0.05, 0.1) is 23.9 Å². The third-order valence-electron chi connectivity index (χ3n) is 5.49. The monoisotopic (exact) mass is 393 g/mol. The Morgan fingerprint density at radius 2 is 1.90 bits per heavy atom. The Bertz CT molecular complexity index is 910. The molecule has 7 heteroatoms. The Kier molecular flexibility index (Phi) is 6.42. The van der Waals surface area contributed by atoms with E-state index in [0.29, 0.717) is 11.4 Å². The fraction of sp³-hybridized carbons (Fsp3) is 0.500. The van der Waals surface area contributed by atoms with E-state index in [2.05, 4.69) is 26.6 Å². The molecule has 1 aromatic carbocycles. The Morgan fingerprint density at radius 1 is 1.17 bits per heavy atom. The predicted octanol–water partition coefficient (Wildman–Crippen LogP) is 3.60. The average Bonchev–Trinajstić information content (AvgIpc) is 2.73. The Hall–Kier alpha value is -3.01. The van der Waals surface area contributed by atoms with Crippen LogP contribution in [-0.2, 0) is 0 Å². The first-order chi connectivity index (χ1) is 13.9. The van der Waals surface area contributed by atoms with Crippen LogP contribution in [0.25, 0.3) is 0 Å². The lowest BCUT2D eigenvalue weighted by molar-refractivity contribution is 0.0887. The van der Waals surface area contributed by atoms with Gasteiger partial charge < -0.3 is 10.1 Å². The molecule has 1 amide bonds. The zero-order valence-corrected chi connectivity index (χ0v) is 17.4. The number of carbonyl (C=O) groups is 1. The fourth-order valence-corrected chi connectivity index (χ4v) is 3.46. The quantitative estimate of drug-likeness (QED) is 0.833. The largest absolute Gasteiger partial charge is 0.490 e. The van der Waals surface area contributed by atoms with Gasteiger partial charge in [0.1, 0.15) is 5.75 Å². The van der Waals surface area contributed by atoms with Gasteiger partial charge in [-0.15, -0.1) is 10.2 Å². The van der Waals surface area contributed by atoms with Crippen LogP contribution in [0.2, 0.25) is 0 Å². The molecule has 0 saturated heterocycles. The molecule has 1 fully saturated rings. The van der Waals surface area contributed by atoms with Crippen LogP contribution < -0.4 is 10.1 Å². The van der Waals surface area contributed by atoms with Crippen LogP contribution in [0.1, 0.15) is 78.5 Å². The lowest BCUT2D eigenvalue weighted by atomic mass is 9.92. The molecule has 1 heterocycles. The molecule has 0 atom stereocenters. The van der Waals surface area contributed by atoms with E-state index >= 15 is 0 Å². The third-order valence-corrected chi connectivity index (χ3v) is 5.49. The predicted molar refractivity (Wildman–Crippen MR) is 109 cm³/mol. The van der Waals surface area contributed by atoms with Crippen LogP contribution >= 0.6 is 0 Å². The van der Waals surface area contributed by atoms with Crippen molar-refractivity contribution < 1.29 is 9.53 Å². The maximum atomic E-state index is 12.4. The lowest BCUT2D eigenvalue weighted by Crippen LogP contribution is -2.40. The zero-order valence-electron chi connectivity index (χ0n) is 17.4. The van der Waals surface area contributed by atoms with Crippen molar-refractivity contribution in [3.8, 4) is 11.8 Å². The molecule has 1 aromatic heterocycles. The summed E-state index contributed by atoms with van der Waals surface area (Å²) < 4.78 is 6.19. The first kappa shape index (κ1) is 20.7. The summed E-state index contributed by atoms with van der Waals surface area (Å²) >= 11 is 0. The number of rotatable bonds is 5. The summed E-state index contributed by atoms with van der Waals surface area (Å²) in [5.41, 5.74) is 2.90. The van der Waals surface area contributed by atoms with E-state index in [4.69, 9.17) is 10.00 Å². The minimum Gasteiger partial charge on any atom is -0.490 e. The molecule has 1 saturated carbocycles. The van der Waals surface area contributed by atoms with E-state index < -0.39 is 0 Å². The van der Waals surface area contributed by atoms with Crippen molar-refractivity contribution in [2.24, 2.45) is 0 Å². The van der Waals surface area contributed by atoms with Gasteiger partial charge in [0.25, 0.3) is 5.91 Å². The van der Waals surface area contributed by atoms with E-state index in [1.807, 2.05) is 39.8 Å². The minimum atomic E-state index is -0.233. The highest BCUT2D eigenvalue weighted by Crippen LogP contribution is 2.29. The number of nitrogens with one attached hydrogen (secondary N) is 1. The highest BCUT2D eigenvalue weighted by atomic mass is 16.5. The molecule has 0 radical (unpaired) electrons. The maximum absolute atomic E-state index is 12.4. The molecule has 0 bridgehead atoms. The number of nitriles is 1. The van der Waals surface area contributed by atoms with Gasteiger partial charge in [0, 0.05) is 12.0 Å². The molecular formula is C22H27N5O2. The number of hydrogen-bond donors (Lipinski definition) is 1. The van der Waals surface area contributed by atoms with Crippen molar-refractivity contribution in [1.29, 1.82) is 5.26 Å². The van der Waals surface area contributed by atoms with Crippen LogP contribution in [0.5, 0.6) is 5.75 Å². The normalized spacial score (nSPS) is 18.9. The van der Waals surface area contributed by atoms with Crippen LogP contribution in [-0.4, -0.2) is 33.2 Å². The Labute approximate surface area is 171 Å². The fourth-order valence-electron chi connectivity index (χ4n) is 3.46. The minimum absolute atomic E-state index is 0.0951. The summed E-state index contributed by atoms with van der Waals surface area (Å²) in [6, 6.07) is 5.98. The topological polar surface area (TPSA) is 101 Å². The molecule has 1 aliphatic carbocycles. The zero-order chi connectivity index (χ0) is 21.0. The number of carbonyl (C=O) groups excluding carboxylic acids is 1. The third kappa shape index (κ3) is 4.89. The number of amides is 1. The molecule has 2 aromatic rings. The molecule has 152 valence electrons. The van der Waals surface area contributed by atoms with Crippen molar-refractivity contribution >= 4 is 5.91 Å². The van der Waals surface area contributed by atoms with E-state index in [1.54, 1.807) is 0 Å². The van der Waals surface area contributed by atoms with Crippen LogP contribution in [0.4, 0.5) is 0 Å². The summed E-state index contributed by atoms with van der Waals surface area (Å²) in [6.07, 6.45) is 5.01. The van der Waals surface area contributed by atoms with Gasteiger partial charge in [-0.25, -0.2) is 4.98 Å². The number of benzene rings is 1. The van der Waals surface area contributed by atoms with E-state index in [-0.39, 0.29) is 29.7 Å². The standard InChI is InChI=1S/C22H27N5O2/c1-13(2)21-24-12-19(26-27-21)22(28)25-17-6-8-18(9-7-17)29-20-10-5-16(11-23)14(3)15(20)4/h5,10,12-13,17-18H,6-9H2,1-4H3,(H,25,28). The highest BCUT2D eigenvalue weighted by molar-refractivity contribution is 5.91. The van der Waals surface area contributed by atoms with Crippen molar-refractivity contribution in [3.63, 3.8) is 0 Å². The van der Waals surface area contributed by atoms with Crippen molar-refractivity contribution in [2.75, 3.05) is 0 Å². The molecule has 0 unspecified atom stereocenters. The van der Waals surface area contributed by atoms with Gasteiger partial charge in [-0.1, -0.05) is 13.8 Å². The Balaban J connectivity index is 1.52. The highest BCUT2D eigenvalue weighted by Gasteiger charge is 2.25. The second kappa shape index (κ2) is 8.99. The van der Waals surface area contributed by atoms with Gasteiger partial charge in [-0.3, -0.25) is 4.79 Å². The van der Waals surface area contributed by atoms with Crippen molar-refractivity contribution in [3.05, 3.63) is 46.5 Å². The smallest absolute Gasteiger partial charge is 0.273 e. The van der Waals surface area contributed by atoms with Crippen molar-refractivity contribution in [1.82, 2.24) is 20.5 Å². The molecule has 29 heavy (non-hydrogen) atoms. The lowest BCUT2D eigenvalue weighted by Gasteiger charge is -2.30. The van der Waals surface area contributed by atoms with Gasteiger partial charge in [0.15, 0.2) is 11.5 Å². The Morgan fingerprint density at radius 3 is 2.48 bits per heavy atom. The summed E-state index contributed by atoms with van der Waals surface area (Å²) in [6.45, 7) is 7.89. The number of nitrogens with zero attached hydrogens (tertiary/aromatic N) is 4. The molecule has 1 aliphatic rings. The SMILES string of the molecule is Cc1c(C#N)ccc(OC2CCC(NC(=O)c3cnc(C(C)C)nn3)CC2)c1C. The van der Waals surface area contributed by atoms with Crippen LogP contribution in [0.15, 0.2) is 18.3 Å². The van der Waals surface area contributed by atoms with Gasteiger partial charge in [-0.2, -0.15) is 5.26 Å². The number of aromatic nitrogens is 3. The molecule has 0 spiro atoms. The van der Waals surface area contributed by atoms with Crippen LogP contribution in [0.3, 0.4) is 0 Å². The molecule has 1 N–H and O–H groups in total. The van der Waals surface area contributed by atoms with Crippen LogP contribution in [0, 0.1) is 25.2 Å². The van der Waals surface area contributed by atoms with E-state index in [1.165, 1.54) is 6.20 Å². The van der Waals surface area contributed by atoms with Crippen molar-refractivity contribution in [2.45, 2.75) is 71.4 Å². The number of hydrogen-bond acceptors (Lipinski definition) is 6. The average molecular weight is 393 g/mol. The van der Waals surface area contributed by atoms with Gasteiger partial charge in [0.2, 0.25) is 0 Å². The molecule has 3 rings (SSSR count). The summed E-state index contributed by atoms with van der Waals surface area (Å²) in [7, 11) is 0. The van der Waals surface area contributed by atoms with Gasteiger partial charge in [-0.05, 0) is 62.8 Å².